The Labute approximate surface area is 111 Å². The van der Waals surface area contributed by atoms with Crippen LogP contribution in [0, 0.1) is 13.8 Å². The van der Waals surface area contributed by atoms with Gasteiger partial charge in [-0.2, -0.15) is 0 Å². The second kappa shape index (κ2) is 4.89. The average molecular weight is 278 g/mol. The molecule has 0 fully saturated rings. The molecule has 5 nitrogen and oxygen atoms in total. The molecule has 1 aromatic carbocycles. The number of H-pyrrole nitrogens is 1. The van der Waals surface area contributed by atoms with Crippen LogP contribution in [-0.2, 0) is 10.0 Å². The van der Waals surface area contributed by atoms with E-state index in [-0.39, 0.29) is 4.90 Å². The standard InChI is InChI=1S/C13H14N2O3S/c1-9-3-4-11(10(2)7-9)15-19(17,18)13-8-14-6-5-12(13)16/h3-8,15H,1-2H3,(H,14,16). The zero-order valence-corrected chi connectivity index (χ0v) is 11.4. The summed E-state index contributed by atoms with van der Waals surface area (Å²) in [5, 5.41) is 0. The summed E-state index contributed by atoms with van der Waals surface area (Å²) in [5.41, 5.74) is 1.76. The van der Waals surface area contributed by atoms with Crippen LogP contribution in [0.4, 0.5) is 5.69 Å². The molecule has 0 atom stereocenters. The molecule has 100 valence electrons. The van der Waals surface area contributed by atoms with Gasteiger partial charge in [-0.1, -0.05) is 17.7 Å². The van der Waals surface area contributed by atoms with E-state index in [2.05, 4.69) is 9.71 Å². The highest BCUT2D eigenvalue weighted by atomic mass is 32.2. The number of pyridine rings is 1. The molecular formula is C13H14N2O3S. The Morgan fingerprint density at radius 1 is 1.16 bits per heavy atom. The van der Waals surface area contributed by atoms with Crippen molar-refractivity contribution in [3.8, 4) is 0 Å². The van der Waals surface area contributed by atoms with E-state index >= 15 is 0 Å². The maximum Gasteiger partial charge on any atom is 0.267 e. The molecule has 6 heteroatoms. The second-order valence-electron chi connectivity index (χ2n) is 4.30. The lowest BCUT2D eigenvalue weighted by Crippen LogP contribution is -2.21. The lowest BCUT2D eigenvalue weighted by Gasteiger charge is -2.10. The number of aromatic amines is 1. The van der Waals surface area contributed by atoms with E-state index in [0.717, 1.165) is 11.1 Å². The third-order valence-corrected chi connectivity index (χ3v) is 4.09. The molecule has 1 aromatic heterocycles. The maximum atomic E-state index is 12.1. The summed E-state index contributed by atoms with van der Waals surface area (Å²) in [6.07, 6.45) is 2.56. The Morgan fingerprint density at radius 3 is 2.53 bits per heavy atom. The first-order chi connectivity index (χ1) is 8.90. The molecule has 0 saturated carbocycles. The van der Waals surface area contributed by atoms with Crippen molar-refractivity contribution >= 4 is 15.7 Å². The number of benzene rings is 1. The van der Waals surface area contributed by atoms with Gasteiger partial charge in [0.2, 0.25) is 5.43 Å². The Kier molecular flexibility index (Phi) is 3.44. The molecule has 2 N–H and O–H groups in total. The van der Waals surface area contributed by atoms with Gasteiger partial charge in [-0.15, -0.1) is 0 Å². The van der Waals surface area contributed by atoms with Crippen LogP contribution in [0.25, 0.3) is 0 Å². The highest BCUT2D eigenvalue weighted by Crippen LogP contribution is 2.19. The third kappa shape index (κ3) is 2.85. The highest BCUT2D eigenvalue weighted by Gasteiger charge is 2.18. The minimum Gasteiger partial charge on any atom is -0.366 e. The summed E-state index contributed by atoms with van der Waals surface area (Å²) in [6.45, 7) is 3.73. The van der Waals surface area contributed by atoms with Crippen molar-refractivity contribution in [2.75, 3.05) is 4.72 Å². The van der Waals surface area contributed by atoms with Crippen LogP contribution in [-0.4, -0.2) is 13.4 Å². The van der Waals surface area contributed by atoms with Gasteiger partial charge in [0.15, 0.2) is 4.90 Å². The van der Waals surface area contributed by atoms with E-state index < -0.39 is 15.5 Å². The van der Waals surface area contributed by atoms with Gasteiger partial charge < -0.3 is 4.98 Å². The molecule has 0 radical (unpaired) electrons. The van der Waals surface area contributed by atoms with Crippen molar-refractivity contribution in [3.05, 3.63) is 58.0 Å². The van der Waals surface area contributed by atoms with Gasteiger partial charge in [0.05, 0.1) is 5.69 Å². The van der Waals surface area contributed by atoms with Crippen LogP contribution in [0.3, 0.4) is 0 Å². The van der Waals surface area contributed by atoms with E-state index in [1.807, 2.05) is 13.0 Å². The molecule has 19 heavy (non-hydrogen) atoms. The van der Waals surface area contributed by atoms with Crippen molar-refractivity contribution in [2.45, 2.75) is 18.7 Å². The van der Waals surface area contributed by atoms with E-state index in [0.29, 0.717) is 5.69 Å². The monoisotopic (exact) mass is 278 g/mol. The fourth-order valence-corrected chi connectivity index (χ4v) is 2.92. The van der Waals surface area contributed by atoms with Crippen molar-refractivity contribution in [2.24, 2.45) is 0 Å². The predicted molar refractivity (Wildman–Crippen MR) is 73.8 cm³/mol. The number of hydrogen-bond acceptors (Lipinski definition) is 3. The topological polar surface area (TPSA) is 79.0 Å². The van der Waals surface area contributed by atoms with Crippen LogP contribution in [0.2, 0.25) is 0 Å². The number of nitrogens with one attached hydrogen (secondary N) is 2. The molecule has 2 rings (SSSR count). The SMILES string of the molecule is Cc1ccc(NS(=O)(=O)c2c[nH]ccc2=O)c(C)c1. The Bertz CT molecular complexity index is 763. The molecule has 1 heterocycles. The number of sulfonamides is 1. The Hall–Kier alpha value is -2.08. The van der Waals surface area contributed by atoms with Crippen LogP contribution in [0.5, 0.6) is 0 Å². The van der Waals surface area contributed by atoms with Crippen LogP contribution < -0.4 is 10.2 Å². The first-order valence-corrected chi connectivity index (χ1v) is 7.15. The van der Waals surface area contributed by atoms with Crippen molar-refractivity contribution in [3.63, 3.8) is 0 Å². The smallest absolute Gasteiger partial charge is 0.267 e. The van der Waals surface area contributed by atoms with Crippen molar-refractivity contribution < 1.29 is 8.42 Å². The first-order valence-electron chi connectivity index (χ1n) is 5.67. The van der Waals surface area contributed by atoms with Crippen LogP contribution >= 0.6 is 0 Å². The largest absolute Gasteiger partial charge is 0.366 e. The summed E-state index contributed by atoms with van der Waals surface area (Å²) in [4.78, 5) is 13.9. The molecule has 0 aliphatic heterocycles. The quantitative estimate of drug-likeness (QED) is 0.898. The molecule has 0 saturated heterocycles. The van der Waals surface area contributed by atoms with E-state index in [9.17, 15) is 13.2 Å². The zero-order chi connectivity index (χ0) is 14.0. The minimum absolute atomic E-state index is 0.296. The molecule has 0 unspecified atom stereocenters. The van der Waals surface area contributed by atoms with Crippen LogP contribution in [0.1, 0.15) is 11.1 Å². The van der Waals surface area contributed by atoms with E-state index in [1.54, 1.807) is 19.1 Å². The third-order valence-electron chi connectivity index (χ3n) is 2.70. The lowest BCUT2D eigenvalue weighted by atomic mass is 10.1. The number of rotatable bonds is 3. The lowest BCUT2D eigenvalue weighted by molar-refractivity contribution is 0.600. The van der Waals surface area contributed by atoms with Gasteiger partial charge in [-0.25, -0.2) is 8.42 Å². The summed E-state index contributed by atoms with van der Waals surface area (Å²) in [5.74, 6) is 0. The van der Waals surface area contributed by atoms with Gasteiger partial charge >= 0.3 is 0 Å². The second-order valence-corrected chi connectivity index (χ2v) is 5.95. The summed E-state index contributed by atoms with van der Waals surface area (Å²) in [7, 11) is -3.87. The number of aryl methyl sites for hydroxylation is 2. The van der Waals surface area contributed by atoms with E-state index in [1.165, 1.54) is 18.5 Å². The number of aromatic nitrogens is 1. The minimum atomic E-state index is -3.87. The highest BCUT2D eigenvalue weighted by molar-refractivity contribution is 7.92. The Morgan fingerprint density at radius 2 is 1.89 bits per heavy atom. The summed E-state index contributed by atoms with van der Waals surface area (Å²) >= 11 is 0. The van der Waals surface area contributed by atoms with Crippen molar-refractivity contribution in [1.82, 2.24) is 4.98 Å². The van der Waals surface area contributed by atoms with Gasteiger partial charge in [0.25, 0.3) is 10.0 Å². The molecule has 0 bridgehead atoms. The fourth-order valence-electron chi connectivity index (χ4n) is 1.74. The molecule has 0 amide bonds. The predicted octanol–water partition coefficient (Wildman–Crippen LogP) is 1.79. The number of anilines is 1. The summed E-state index contributed by atoms with van der Waals surface area (Å²) < 4.78 is 26.7. The van der Waals surface area contributed by atoms with Gasteiger partial charge in [0, 0.05) is 18.5 Å². The van der Waals surface area contributed by atoms with Gasteiger partial charge in [-0.3, -0.25) is 9.52 Å². The normalized spacial score (nSPS) is 11.3. The molecule has 0 aliphatic carbocycles. The van der Waals surface area contributed by atoms with Gasteiger partial charge in [-0.05, 0) is 25.5 Å². The van der Waals surface area contributed by atoms with Crippen LogP contribution in [0.15, 0.2) is 46.3 Å². The van der Waals surface area contributed by atoms with E-state index in [4.69, 9.17) is 0 Å². The molecular weight excluding hydrogens is 264 g/mol. The number of hydrogen-bond donors (Lipinski definition) is 2. The molecule has 0 spiro atoms. The van der Waals surface area contributed by atoms with Crippen molar-refractivity contribution in [1.29, 1.82) is 0 Å². The summed E-state index contributed by atoms with van der Waals surface area (Å²) in [6, 6.07) is 6.53. The molecule has 2 aromatic rings. The maximum absolute atomic E-state index is 12.1. The Balaban J connectivity index is 2.43. The zero-order valence-electron chi connectivity index (χ0n) is 10.6. The fraction of sp³-hybridized carbons (Fsp3) is 0.154. The molecule has 0 aliphatic rings. The average Bonchev–Trinajstić information content (AvgIpc) is 2.33. The van der Waals surface area contributed by atoms with Gasteiger partial charge in [0.1, 0.15) is 0 Å². The first kappa shape index (κ1) is 13.4.